The van der Waals surface area contributed by atoms with Crippen molar-refractivity contribution >= 4 is 27.3 Å². The van der Waals surface area contributed by atoms with Gasteiger partial charge in [-0.2, -0.15) is 0 Å². The van der Waals surface area contributed by atoms with Gasteiger partial charge in [0.1, 0.15) is 0 Å². The van der Waals surface area contributed by atoms with Crippen LogP contribution in [0.1, 0.15) is 43.5 Å². The number of benzene rings is 1. The lowest BCUT2D eigenvalue weighted by molar-refractivity contribution is -0.114. The summed E-state index contributed by atoms with van der Waals surface area (Å²) in [5, 5.41) is 15.8. The summed E-state index contributed by atoms with van der Waals surface area (Å²) in [5.74, 6) is 1.72. The first-order valence-corrected chi connectivity index (χ1v) is 9.78. The molecule has 1 heterocycles. The van der Waals surface area contributed by atoms with E-state index < -0.39 is 0 Å². The first-order valence-electron chi connectivity index (χ1n) is 8.90. The molecule has 5 rings (SSSR count). The topological polar surface area (TPSA) is 49.3 Å². The number of hydrogen-bond acceptors (Lipinski definition) is 3. The third-order valence-corrected chi connectivity index (χ3v) is 7.56. The summed E-state index contributed by atoms with van der Waals surface area (Å²) < 4.78 is 1.15. The molecule has 3 aliphatic rings. The van der Waals surface area contributed by atoms with Crippen molar-refractivity contribution in [3.8, 4) is 0 Å². The molecule has 24 heavy (non-hydrogen) atoms. The fourth-order valence-corrected chi connectivity index (χ4v) is 5.91. The molecule has 2 N–H and O–H groups in total. The fourth-order valence-electron chi connectivity index (χ4n) is 4.97. The van der Waals surface area contributed by atoms with Crippen molar-refractivity contribution in [2.45, 2.75) is 39.2 Å². The third-order valence-electron chi connectivity index (χ3n) is 6.60. The Bertz CT molecular complexity index is 766. The molecule has 0 radical (unpaired) electrons. The first kappa shape index (κ1) is 16.1. The predicted octanol–water partition coefficient (Wildman–Crippen LogP) is 4.06. The lowest BCUT2D eigenvalue weighted by atomic mass is 9.44. The Balaban J connectivity index is 1.59. The predicted molar refractivity (Wildman–Crippen MR) is 98.3 cm³/mol. The second-order valence-electron chi connectivity index (χ2n) is 8.01. The second kappa shape index (κ2) is 5.85. The van der Waals surface area contributed by atoms with Crippen molar-refractivity contribution in [1.29, 1.82) is 0 Å². The van der Waals surface area contributed by atoms with E-state index in [0.717, 1.165) is 34.4 Å². The van der Waals surface area contributed by atoms with Crippen LogP contribution in [0.4, 0.5) is 0 Å². The van der Waals surface area contributed by atoms with E-state index in [9.17, 15) is 9.90 Å². The largest absolute Gasteiger partial charge is 0.396 e. The van der Waals surface area contributed by atoms with Crippen LogP contribution in [0.5, 0.6) is 0 Å². The molecule has 1 aromatic carbocycles. The zero-order valence-electron chi connectivity index (χ0n) is 14.3. The second-order valence-corrected chi connectivity index (χ2v) is 8.92. The number of fused-ring (bicyclic) bond motifs is 3. The normalized spacial score (nSPS) is 30.8. The van der Waals surface area contributed by atoms with Crippen LogP contribution >= 0.6 is 11.3 Å². The summed E-state index contributed by atoms with van der Waals surface area (Å²) in [6.07, 6.45) is 3.13. The van der Waals surface area contributed by atoms with Gasteiger partial charge in [-0.3, -0.25) is 4.79 Å². The highest BCUT2D eigenvalue weighted by atomic mass is 32.1. The molecule has 0 spiro atoms. The molecule has 3 nitrogen and oxygen atoms in total. The number of aliphatic hydroxyl groups excluding tert-OH is 1. The average molecular weight is 343 g/mol. The number of carbonyl (C=O) groups excluding carboxylic acids is 1. The van der Waals surface area contributed by atoms with Gasteiger partial charge >= 0.3 is 0 Å². The van der Waals surface area contributed by atoms with E-state index in [0.29, 0.717) is 17.3 Å². The van der Waals surface area contributed by atoms with E-state index >= 15 is 0 Å². The van der Waals surface area contributed by atoms with Crippen LogP contribution in [-0.2, 0) is 0 Å². The highest BCUT2D eigenvalue weighted by Crippen LogP contribution is 2.61. The van der Waals surface area contributed by atoms with Crippen LogP contribution in [0.15, 0.2) is 29.6 Å². The van der Waals surface area contributed by atoms with Crippen LogP contribution in [-0.4, -0.2) is 23.7 Å². The van der Waals surface area contributed by atoms with Gasteiger partial charge in [0.2, 0.25) is 0 Å². The Morgan fingerprint density at radius 1 is 1.33 bits per heavy atom. The number of rotatable bonds is 4. The van der Waals surface area contributed by atoms with E-state index in [-0.39, 0.29) is 18.6 Å². The zero-order chi connectivity index (χ0) is 16.9. The van der Waals surface area contributed by atoms with Crippen LogP contribution in [0, 0.1) is 23.2 Å². The molecule has 128 valence electrons. The lowest BCUT2D eigenvalue weighted by Gasteiger charge is -2.62. The van der Waals surface area contributed by atoms with Crippen molar-refractivity contribution < 1.29 is 9.90 Å². The maximum Gasteiger partial charge on any atom is 0.252 e. The molecule has 0 aliphatic heterocycles. The van der Waals surface area contributed by atoms with E-state index in [1.54, 1.807) is 11.3 Å². The maximum absolute atomic E-state index is 12.9. The molecule has 1 amide bonds. The number of carbonyl (C=O) groups is 1. The highest BCUT2D eigenvalue weighted by Gasteiger charge is 2.57. The quantitative estimate of drug-likeness (QED) is 0.879. The number of thiophene rings is 1. The van der Waals surface area contributed by atoms with Crippen molar-refractivity contribution in [3.63, 3.8) is 0 Å². The zero-order valence-corrected chi connectivity index (χ0v) is 15.1. The van der Waals surface area contributed by atoms with E-state index in [1.807, 2.05) is 23.6 Å². The summed E-state index contributed by atoms with van der Waals surface area (Å²) in [7, 11) is 0. The molecule has 4 heteroatoms. The number of hydrogen-bond donors (Lipinski definition) is 2. The molecular weight excluding hydrogens is 318 g/mol. The van der Waals surface area contributed by atoms with Crippen LogP contribution in [0.25, 0.3) is 10.1 Å². The molecule has 2 bridgehead atoms. The molecule has 0 saturated heterocycles. The van der Waals surface area contributed by atoms with Crippen molar-refractivity contribution in [3.05, 3.63) is 35.2 Å². The molecule has 1 aromatic heterocycles. The Morgan fingerprint density at radius 2 is 2.12 bits per heavy atom. The molecule has 3 fully saturated rings. The van der Waals surface area contributed by atoms with Crippen LogP contribution in [0.3, 0.4) is 0 Å². The van der Waals surface area contributed by atoms with Gasteiger partial charge in [0.25, 0.3) is 5.91 Å². The van der Waals surface area contributed by atoms with Crippen LogP contribution < -0.4 is 5.32 Å². The molecule has 1 unspecified atom stereocenters. The van der Waals surface area contributed by atoms with Crippen molar-refractivity contribution in [1.82, 2.24) is 5.32 Å². The van der Waals surface area contributed by atoms with E-state index in [4.69, 9.17) is 0 Å². The van der Waals surface area contributed by atoms with Gasteiger partial charge in [-0.1, -0.05) is 32.0 Å². The molecule has 2 aromatic rings. The fraction of sp³-hybridized carbons (Fsp3) is 0.550. The Kier molecular flexibility index (Phi) is 3.92. The Hall–Kier alpha value is -1.39. The van der Waals surface area contributed by atoms with Gasteiger partial charge in [0.05, 0.1) is 5.56 Å². The smallest absolute Gasteiger partial charge is 0.252 e. The highest BCUT2D eigenvalue weighted by molar-refractivity contribution is 7.17. The van der Waals surface area contributed by atoms with Crippen molar-refractivity contribution in [2.75, 3.05) is 6.61 Å². The SMILES string of the molecule is CC1(C)C2C[C@H](CCO)[C@@H](NC(=O)c3csc4ccccc34)[C@@H]1C2. The van der Waals surface area contributed by atoms with E-state index in [1.165, 1.54) is 6.42 Å². The minimum absolute atomic E-state index is 0.0431. The third kappa shape index (κ3) is 2.39. The van der Waals surface area contributed by atoms with E-state index in [2.05, 4.69) is 25.2 Å². The Morgan fingerprint density at radius 3 is 2.88 bits per heavy atom. The van der Waals surface area contributed by atoms with Gasteiger partial charge in [-0.15, -0.1) is 11.3 Å². The minimum atomic E-state index is 0.0431. The summed E-state index contributed by atoms with van der Waals surface area (Å²) in [4.78, 5) is 12.9. The summed E-state index contributed by atoms with van der Waals surface area (Å²) >= 11 is 1.62. The Labute approximate surface area is 147 Å². The monoisotopic (exact) mass is 343 g/mol. The van der Waals surface area contributed by atoms with Crippen LogP contribution in [0.2, 0.25) is 0 Å². The van der Waals surface area contributed by atoms with Gasteiger partial charge in [-0.25, -0.2) is 0 Å². The summed E-state index contributed by atoms with van der Waals surface area (Å²) in [6, 6.07) is 8.27. The van der Waals surface area contributed by atoms with Gasteiger partial charge in [0.15, 0.2) is 0 Å². The van der Waals surface area contributed by atoms with Gasteiger partial charge in [0, 0.05) is 28.1 Å². The van der Waals surface area contributed by atoms with Crippen molar-refractivity contribution in [2.24, 2.45) is 23.2 Å². The summed E-state index contributed by atoms with van der Waals surface area (Å²) in [5.41, 5.74) is 1.10. The number of aliphatic hydroxyl groups is 1. The molecular formula is C20H25NO2S. The molecule has 3 saturated carbocycles. The molecule has 4 atom stereocenters. The lowest BCUT2D eigenvalue weighted by Crippen LogP contribution is -2.63. The number of nitrogens with one attached hydrogen (secondary N) is 1. The van der Waals surface area contributed by atoms with Gasteiger partial charge in [-0.05, 0) is 48.5 Å². The molecule has 3 aliphatic carbocycles. The maximum atomic E-state index is 12.9. The average Bonchev–Trinajstić information content (AvgIpc) is 3.00. The summed E-state index contributed by atoms with van der Waals surface area (Å²) in [6.45, 7) is 4.87. The first-order chi connectivity index (χ1) is 11.5. The standard InChI is InChI=1S/C20H25NO2S/c1-20(2)13-9-12(7-8-22)18(16(20)10-13)21-19(23)15-11-24-17-6-4-3-5-14(15)17/h3-6,11-13,16,18,22H,7-10H2,1-2H3,(H,21,23)/t12-,13?,16-,18+/m0/s1. The minimum Gasteiger partial charge on any atom is -0.396 e. The number of amides is 1. The van der Waals surface area contributed by atoms with Gasteiger partial charge < -0.3 is 10.4 Å².